The largest absolute Gasteiger partial charge is 0.492 e. The quantitative estimate of drug-likeness (QED) is 0.304. The molecular formula is C29H35BrN2O6S2. The maximum Gasteiger partial charge on any atom is 0.243 e. The van der Waals surface area contributed by atoms with Crippen molar-refractivity contribution in [3.63, 3.8) is 0 Å². The maximum atomic E-state index is 13.1. The summed E-state index contributed by atoms with van der Waals surface area (Å²) in [5, 5.41) is 5.32. The van der Waals surface area contributed by atoms with E-state index >= 15 is 0 Å². The summed E-state index contributed by atoms with van der Waals surface area (Å²) in [5.41, 5.74) is -0.603. The Bertz CT molecular complexity index is 1580. The SMILES string of the molecule is CC(C)(CCCOc1ccc2ccccc2c1Br)C(=O)NC1CCN(S(=O)(=O)c2ccc(S(C)(=O)=O)cc2)CC1. The van der Waals surface area contributed by atoms with Crippen molar-refractivity contribution < 1.29 is 26.4 Å². The minimum absolute atomic E-state index is 0.0569. The fourth-order valence-corrected chi connectivity index (χ4v) is 7.47. The van der Waals surface area contributed by atoms with Gasteiger partial charge in [-0.05, 0) is 82.7 Å². The number of halogens is 1. The van der Waals surface area contributed by atoms with Crippen LogP contribution >= 0.6 is 15.9 Å². The van der Waals surface area contributed by atoms with Crippen molar-refractivity contribution in [1.82, 2.24) is 9.62 Å². The molecule has 0 unspecified atom stereocenters. The minimum atomic E-state index is -3.75. The lowest BCUT2D eigenvalue weighted by Crippen LogP contribution is -2.49. The summed E-state index contributed by atoms with van der Waals surface area (Å²) in [6.45, 7) is 4.85. The highest BCUT2D eigenvalue weighted by atomic mass is 79.9. The van der Waals surface area contributed by atoms with Crippen molar-refractivity contribution >= 4 is 52.5 Å². The van der Waals surface area contributed by atoms with Crippen LogP contribution in [0.25, 0.3) is 10.8 Å². The molecule has 1 fully saturated rings. The Morgan fingerprint density at radius 1 is 0.975 bits per heavy atom. The van der Waals surface area contributed by atoms with E-state index in [-0.39, 0.29) is 34.8 Å². The van der Waals surface area contributed by atoms with Crippen molar-refractivity contribution in [3.8, 4) is 5.75 Å². The van der Waals surface area contributed by atoms with Gasteiger partial charge >= 0.3 is 0 Å². The first kappa shape index (κ1) is 30.5. The van der Waals surface area contributed by atoms with E-state index in [1.807, 2.05) is 44.2 Å². The number of amides is 1. The number of rotatable bonds is 10. The average molecular weight is 652 g/mol. The number of sulfonamides is 1. The predicted molar refractivity (Wildman–Crippen MR) is 160 cm³/mol. The fraction of sp³-hybridized carbons (Fsp3) is 0.414. The number of nitrogens with one attached hydrogen (secondary N) is 1. The molecule has 0 radical (unpaired) electrons. The molecule has 0 spiro atoms. The van der Waals surface area contributed by atoms with Crippen molar-refractivity contribution in [2.45, 2.75) is 55.4 Å². The Morgan fingerprint density at radius 2 is 1.60 bits per heavy atom. The minimum Gasteiger partial charge on any atom is -0.492 e. The Balaban J connectivity index is 1.25. The molecule has 0 aromatic heterocycles. The standard InChI is InChI=1S/C29H35BrN2O6S2/c1-29(2,17-6-20-38-26-14-9-21-7-4-5-8-25(21)27(26)30)28(33)31-22-15-18-32(19-16-22)40(36,37)24-12-10-23(11-13-24)39(3,34)35/h4-5,7-14,22H,6,15-20H2,1-3H3,(H,31,33). The molecule has 3 aromatic rings. The van der Waals surface area contributed by atoms with Gasteiger partial charge in [-0.2, -0.15) is 4.31 Å². The van der Waals surface area contributed by atoms with Gasteiger partial charge < -0.3 is 10.1 Å². The third kappa shape index (κ3) is 7.05. The molecule has 1 aliphatic rings. The number of carbonyl (C=O) groups is 1. The number of hydrogen-bond acceptors (Lipinski definition) is 6. The van der Waals surface area contributed by atoms with Crippen molar-refractivity contribution in [1.29, 1.82) is 0 Å². The first-order valence-corrected chi connectivity index (χ1v) is 17.3. The van der Waals surface area contributed by atoms with Gasteiger partial charge in [0.25, 0.3) is 0 Å². The van der Waals surface area contributed by atoms with Gasteiger partial charge in [-0.1, -0.05) is 44.2 Å². The van der Waals surface area contributed by atoms with Gasteiger partial charge in [0, 0.05) is 30.8 Å². The van der Waals surface area contributed by atoms with E-state index in [1.54, 1.807) is 0 Å². The fourth-order valence-electron chi connectivity index (χ4n) is 4.76. The summed E-state index contributed by atoms with van der Waals surface area (Å²) in [6, 6.07) is 17.2. The molecule has 4 rings (SSSR count). The van der Waals surface area contributed by atoms with Gasteiger partial charge in [0.05, 0.1) is 20.9 Å². The number of benzene rings is 3. The normalized spacial score (nSPS) is 15.7. The number of piperidine rings is 1. The average Bonchev–Trinajstić information content (AvgIpc) is 2.92. The number of nitrogens with zero attached hydrogens (tertiary/aromatic N) is 1. The molecule has 0 atom stereocenters. The van der Waals surface area contributed by atoms with Crippen molar-refractivity contribution in [3.05, 3.63) is 65.1 Å². The Hall–Kier alpha value is -2.47. The topological polar surface area (TPSA) is 110 Å². The Kier molecular flexibility index (Phi) is 9.28. The monoisotopic (exact) mass is 650 g/mol. The first-order valence-electron chi connectivity index (χ1n) is 13.2. The molecule has 1 saturated heterocycles. The molecule has 1 N–H and O–H groups in total. The lowest BCUT2D eigenvalue weighted by Gasteiger charge is -2.34. The zero-order chi connectivity index (χ0) is 29.1. The number of hydrogen-bond donors (Lipinski definition) is 1. The van der Waals surface area contributed by atoms with Crippen molar-refractivity contribution in [2.75, 3.05) is 26.0 Å². The van der Waals surface area contributed by atoms with Crippen molar-refractivity contribution in [2.24, 2.45) is 5.41 Å². The van der Waals surface area contributed by atoms with E-state index in [9.17, 15) is 21.6 Å². The molecule has 0 aliphatic carbocycles. The molecule has 0 bridgehead atoms. The van der Waals surface area contributed by atoms with Gasteiger partial charge in [-0.3, -0.25) is 4.79 Å². The summed E-state index contributed by atoms with van der Waals surface area (Å²) >= 11 is 3.64. The zero-order valence-corrected chi connectivity index (χ0v) is 26.1. The van der Waals surface area contributed by atoms with E-state index in [0.717, 1.165) is 27.3 Å². The molecule has 1 aliphatic heterocycles. The van der Waals surface area contributed by atoms with E-state index in [1.165, 1.54) is 28.6 Å². The molecule has 8 nitrogen and oxygen atoms in total. The molecule has 40 heavy (non-hydrogen) atoms. The molecular weight excluding hydrogens is 616 g/mol. The van der Waals surface area contributed by atoms with Gasteiger partial charge in [-0.25, -0.2) is 16.8 Å². The summed E-state index contributed by atoms with van der Waals surface area (Å²) in [5.74, 6) is 0.714. The zero-order valence-electron chi connectivity index (χ0n) is 22.9. The molecule has 1 heterocycles. The second-order valence-electron chi connectivity index (χ2n) is 10.8. The first-order chi connectivity index (χ1) is 18.8. The highest BCUT2D eigenvalue weighted by Gasteiger charge is 2.33. The molecule has 11 heteroatoms. The molecule has 1 amide bonds. The van der Waals surface area contributed by atoms with E-state index in [2.05, 4.69) is 27.3 Å². The maximum absolute atomic E-state index is 13.1. The lowest BCUT2D eigenvalue weighted by atomic mass is 9.86. The van der Waals surface area contributed by atoms with Gasteiger partial charge in [0.15, 0.2) is 9.84 Å². The number of carbonyl (C=O) groups excluding carboxylic acids is 1. The van der Waals surface area contributed by atoms with Crippen LogP contribution in [-0.2, 0) is 24.7 Å². The molecule has 216 valence electrons. The number of fused-ring (bicyclic) bond motifs is 1. The van der Waals surface area contributed by atoms with Crippen LogP contribution in [0, 0.1) is 5.41 Å². The molecule has 3 aromatic carbocycles. The molecule has 0 saturated carbocycles. The highest BCUT2D eigenvalue weighted by Crippen LogP contribution is 2.33. The van der Waals surface area contributed by atoms with E-state index < -0.39 is 25.3 Å². The van der Waals surface area contributed by atoms with Crippen LogP contribution in [0.1, 0.15) is 39.5 Å². The van der Waals surface area contributed by atoms with E-state index in [0.29, 0.717) is 32.3 Å². The van der Waals surface area contributed by atoms with Crippen LogP contribution < -0.4 is 10.1 Å². The summed E-state index contributed by atoms with van der Waals surface area (Å²) < 4.78 is 57.7. The van der Waals surface area contributed by atoms with Crippen LogP contribution in [0.15, 0.2) is 74.9 Å². The second-order valence-corrected chi connectivity index (χ2v) is 15.6. The van der Waals surface area contributed by atoms with Gasteiger partial charge in [0.1, 0.15) is 5.75 Å². The van der Waals surface area contributed by atoms with Gasteiger partial charge in [-0.15, -0.1) is 0 Å². The second kappa shape index (κ2) is 12.2. The summed E-state index contributed by atoms with van der Waals surface area (Å²) in [7, 11) is -7.16. The highest BCUT2D eigenvalue weighted by molar-refractivity contribution is 9.10. The Labute approximate surface area is 245 Å². The predicted octanol–water partition coefficient (Wildman–Crippen LogP) is 5.16. The third-order valence-corrected chi connectivity index (χ3v) is 11.2. The van der Waals surface area contributed by atoms with Crippen LogP contribution in [0.3, 0.4) is 0 Å². The van der Waals surface area contributed by atoms with E-state index in [4.69, 9.17) is 4.74 Å². The Morgan fingerprint density at radius 3 is 2.25 bits per heavy atom. The number of ether oxygens (including phenoxy) is 1. The lowest BCUT2D eigenvalue weighted by molar-refractivity contribution is -0.130. The van der Waals surface area contributed by atoms with Crippen LogP contribution in [0.4, 0.5) is 0 Å². The summed E-state index contributed by atoms with van der Waals surface area (Å²) in [6.07, 6.45) is 3.42. The van der Waals surface area contributed by atoms with Gasteiger partial charge in [0.2, 0.25) is 15.9 Å². The van der Waals surface area contributed by atoms with Crippen LogP contribution in [0.2, 0.25) is 0 Å². The smallest absolute Gasteiger partial charge is 0.243 e. The van der Waals surface area contributed by atoms with Crippen LogP contribution in [-0.4, -0.2) is 59.0 Å². The van der Waals surface area contributed by atoms with Crippen LogP contribution in [0.5, 0.6) is 5.75 Å². The summed E-state index contributed by atoms with van der Waals surface area (Å²) in [4.78, 5) is 13.2. The number of sulfone groups is 1. The third-order valence-electron chi connectivity index (χ3n) is 7.33.